The second kappa shape index (κ2) is 6.63. The molecule has 0 saturated carbocycles. The highest BCUT2D eigenvalue weighted by Gasteiger charge is 2.30. The van der Waals surface area contributed by atoms with Gasteiger partial charge in [0.05, 0.1) is 29.4 Å². The van der Waals surface area contributed by atoms with Crippen molar-refractivity contribution >= 4 is 29.3 Å². The maximum absolute atomic E-state index is 11.1. The molecule has 0 spiro atoms. The summed E-state index contributed by atoms with van der Waals surface area (Å²) in [6.07, 6.45) is -1.42. The summed E-state index contributed by atoms with van der Waals surface area (Å²) in [5, 5.41) is 19.4. The van der Waals surface area contributed by atoms with Gasteiger partial charge in [0.15, 0.2) is 0 Å². The molecule has 1 heterocycles. The summed E-state index contributed by atoms with van der Waals surface area (Å²) in [4.78, 5) is 12.3. The van der Waals surface area contributed by atoms with Crippen molar-refractivity contribution in [2.75, 3.05) is 26.3 Å². The van der Waals surface area contributed by atoms with Crippen molar-refractivity contribution in [2.24, 2.45) is 5.92 Å². The van der Waals surface area contributed by atoms with E-state index < -0.39 is 12.2 Å². The van der Waals surface area contributed by atoms with Crippen LogP contribution in [-0.2, 0) is 4.74 Å². The van der Waals surface area contributed by atoms with Crippen LogP contribution >= 0.6 is 23.2 Å². The Morgan fingerprint density at radius 1 is 1.40 bits per heavy atom. The fourth-order valence-electron chi connectivity index (χ4n) is 2.28. The van der Waals surface area contributed by atoms with E-state index in [2.05, 4.69) is 0 Å². The number of amides is 1. The van der Waals surface area contributed by atoms with E-state index in [0.29, 0.717) is 10.0 Å². The molecule has 1 aliphatic rings. The molecule has 20 heavy (non-hydrogen) atoms. The number of aliphatic hydroxyl groups excluding tert-OH is 1. The normalized spacial score (nSPS) is 23.4. The average Bonchev–Trinajstić information content (AvgIpc) is 2.64. The van der Waals surface area contributed by atoms with Crippen LogP contribution in [0.25, 0.3) is 0 Å². The minimum absolute atomic E-state index is 0.172. The third kappa shape index (κ3) is 3.35. The van der Waals surface area contributed by atoms with Gasteiger partial charge in [0.1, 0.15) is 0 Å². The Kier molecular flexibility index (Phi) is 5.10. The highest BCUT2D eigenvalue weighted by molar-refractivity contribution is 6.42. The number of halogens is 2. The second-order valence-electron chi connectivity index (χ2n) is 4.64. The Labute approximate surface area is 126 Å². The molecule has 1 aromatic carbocycles. The summed E-state index contributed by atoms with van der Waals surface area (Å²) in [7, 11) is 0. The minimum Gasteiger partial charge on any atom is -0.465 e. The van der Waals surface area contributed by atoms with Crippen LogP contribution in [0.3, 0.4) is 0 Å². The first-order valence-electron chi connectivity index (χ1n) is 6.18. The van der Waals surface area contributed by atoms with Crippen LogP contribution in [-0.4, -0.2) is 47.5 Å². The molecule has 7 heteroatoms. The third-order valence-electron chi connectivity index (χ3n) is 3.32. The first kappa shape index (κ1) is 15.4. The average molecular weight is 320 g/mol. The van der Waals surface area contributed by atoms with Crippen LogP contribution in [0.4, 0.5) is 4.79 Å². The van der Waals surface area contributed by atoms with Gasteiger partial charge in [-0.15, -0.1) is 0 Å². The van der Waals surface area contributed by atoms with Crippen LogP contribution in [0.2, 0.25) is 10.0 Å². The fraction of sp³-hybridized carbons (Fsp3) is 0.462. The lowest BCUT2D eigenvalue weighted by Gasteiger charge is -2.25. The number of hydrogen-bond acceptors (Lipinski definition) is 3. The van der Waals surface area contributed by atoms with Gasteiger partial charge in [0, 0.05) is 19.0 Å². The Hall–Kier alpha value is -1.01. The molecule has 0 radical (unpaired) electrons. The van der Waals surface area contributed by atoms with Crippen molar-refractivity contribution in [1.82, 2.24) is 4.90 Å². The lowest BCUT2D eigenvalue weighted by atomic mass is 9.96. The van der Waals surface area contributed by atoms with Crippen molar-refractivity contribution in [2.45, 2.75) is 6.10 Å². The topological polar surface area (TPSA) is 70.0 Å². The predicted molar refractivity (Wildman–Crippen MR) is 75.3 cm³/mol. The number of hydrogen-bond donors (Lipinski definition) is 2. The molecule has 1 fully saturated rings. The minimum atomic E-state index is -1.01. The fourth-order valence-corrected chi connectivity index (χ4v) is 2.59. The highest BCUT2D eigenvalue weighted by atomic mass is 35.5. The van der Waals surface area contributed by atoms with E-state index >= 15 is 0 Å². The summed E-state index contributed by atoms with van der Waals surface area (Å²) < 4.78 is 5.70. The van der Waals surface area contributed by atoms with E-state index in [9.17, 15) is 9.90 Å². The molecule has 1 saturated heterocycles. The number of ether oxygens (including phenoxy) is 1. The monoisotopic (exact) mass is 319 g/mol. The zero-order chi connectivity index (χ0) is 14.7. The largest absolute Gasteiger partial charge is 0.465 e. The summed E-state index contributed by atoms with van der Waals surface area (Å²) >= 11 is 11.9. The van der Waals surface area contributed by atoms with E-state index in [-0.39, 0.29) is 32.2 Å². The summed E-state index contributed by atoms with van der Waals surface area (Å²) in [5.74, 6) is -0.342. The molecule has 0 unspecified atom stereocenters. The van der Waals surface area contributed by atoms with Gasteiger partial charge in [-0.1, -0.05) is 29.3 Å². The van der Waals surface area contributed by atoms with Gasteiger partial charge < -0.3 is 19.8 Å². The van der Waals surface area contributed by atoms with Gasteiger partial charge in [-0.05, 0) is 17.7 Å². The Balaban J connectivity index is 2.24. The van der Waals surface area contributed by atoms with Gasteiger partial charge in [-0.3, -0.25) is 0 Å². The number of carbonyl (C=O) groups is 1. The first-order valence-corrected chi connectivity index (χ1v) is 6.93. The van der Waals surface area contributed by atoms with Gasteiger partial charge >= 0.3 is 6.09 Å². The Bertz CT molecular complexity index is 497. The van der Waals surface area contributed by atoms with Gasteiger partial charge in [0.25, 0.3) is 0 Å². The molecule has 0 aliphatic carbocycles. The van der Waals surface area contributed by atoms with Crippen LogP contribution in [0.1, 0.15) is 11.7 Å². The number of benzene rings is 1. The molecule has 2 rings (SSSR count). The van der Waals surface area contributed by atoms with Gasteiger partial charge in [-0.25, -0.2) is 4.79 Å². The molecule has 110 valence electrons. The molecular formula is C13H15Cl2NO4. The predicted octanol–water partition coefficient (Wildman–Crippen LogP) is 2.65. The van der Waals surface area contributed by atoms with Crippen molar-refractivity contribution in [3.63, 3.8) is 0 Å². The molecule has 5 nitrogen and oxygen atoms in total. The zero-order valence-electron chi connectivity index (χ0n) is 10.6. The molecule has 2 N–H and O–H groups in total. The maximum Gasteiger partial charge on any atom is 0.407 e. The molecule has 1 aromatic rings. The van der Waals surface area contributed by atoms with Gasteiger partial charge in [-0.2, -0.15) is 0 Å². The molecule has 0 aromatic heterocycles. The molecule has 1 aliphatic heterocycles. The second-order valence-corrected chi connectivity index (χ2v) is 5.45. The Morgan fingerprint density at radius 3 is 2.75 bits per heavy atom. The lowest BCUT2D eigenvalue weighted by Crippen LogP contribution is -2.36. The smallest absolute Gasteiger partial charge is 0.407 e. The van der Waals surface area contributed by atoms with E-state index in [0.717, 1.165) is 5.56 Å². The quantitative estimate of drug-likeness (QED) is 0.879. The highest BCUT2D eigenvalue weighted by Crippen LogP contribution is 2.33. The summed E-state index contributed by atoms with van der Waals surface area (Å²) in [6, 6.07) is 5.13. The van der Waals surface area contributed by atoms with Crippen molar-refractivity contribution < 1.29 is 19.7 Å². The van der Waals surface area contributed by atoms with E-state index in [1.165, 1.54) is 4.90 Å². The van der Waals surface area contributed by atoms with Crippen LogP contribution in [0.15, 0.2) is 18.2 Å². The molecule has 2 atom stereocenters. The zero-order valence-corrected chi connectivity index (χ0v) is 12.1. The number of carboxylic acid groups (broad SMARTS) is 1. The number of rotatable bonds is 2. The summed E-state index contributed by atoms with van der Waals surface area (Å²) in [6.45, 7) is 0.600. The van der Waals surface area contributed by atoms with Crippen molar-refractivity contribution in [1.29, 1.82) is 0 Å². The number of aliphatic hydroxyl groups is 1. The van der Waals surface area contributed by atoms with Crippen LogP contribution in [0.5, 0.6) is 0 Å². The van der Waals surface area contributed by atoms with E-state index in [1.54, 1.807) is 18.2 Å². The third-order valence-corrected chi connectivity index (χ3v) is 4.06. The lowest BCUT2D eigenvalue weighted by molar-refractivity contribution is 0.0114. The number of nitrogens with zero attached hydrogens (tertiary/aromatic N) is 1. The Morgan fingerprint density at radius 2 is 2.15 bits per heavy atom. The molecular weight excluding hydrogens is 305 g/mol. The summed E-state index contributed by atoms with van der Waals surface area (Å²) in [5.41, 5.74) is 0.783. The van der Waals surface area contributed by atoms with Crippen molar-refractivity contribution in [3.05, 3.63) is 33.8 Å². The van der Waals surface area contributed by atoms with Crippen LogP contribution < -0.4 is 0 Å². The first-order chi connectivity index (χ1) is 9.52. The van der Waals surface area contributed by atoms with Crippen LogP contribution in [0, 0.1) is 5.92 Å². The van der Waals surface area contributed by atoms with E-state index in [4.69, 9.17) is 33.0 Å². The maximum atomic E-state index is 11.1. The van der Waals surface area contributed by atoms with Gasteiger partial charge in [0.2, 0.25) is 0 Å². The van der Waals surface area contributed by atoms with Crippen molar-refractivity contribution in [3.8, 4) is 0 Å². The standard InChI is InChI=1S/C13H15Cl2NO4/c14-10-2-1-8(5-11(10)15)12-9(7-17)6-16(13(18)19)3-4-20-12/h1-2,5,9,12,17H,3-4,6-7H2,(H,18,19)/t9-,12+/m1/s1. The molecule has 0 bridgehead atoms. The molecule has 1 amide bonds. The van der Waals surface area contributed by atoms with E-state index in [1.807, 2.05) is 0 Å². The SMILES string of the molecule is O=C(O)N1CCO[C@@H](c2ccc(Cl)c(Cl)c2)[C@@H](CO)C1.